The van der Waals surface area contributed by atoms with Gasteiger partial charge in [-0.25, -0.2) is 0 Å². The summed E-state index contributed by atoms with van der Waals surface area (Å²) in [6.07, 6.45) is 6.09. The van der Waals surface area contributed by atoms with Crippen LogP contribution in [0.1, 0.15) is 26.7 Å². The van der Waals surface area contributed by atoms with Gasteiger partial charge in [-0.2, -0.15) is 0 Å². The molecular formula is C13H22O2SSe. The normalized spacial score (nSPS) is 13.2. The van der Waals surface area contributed by atoms with Crippen LogP contribution in [0.2, 0.25) is 5.82 Å². The van der Waals surface area contributed by atoms with Gasteiger partial charge in [0.25, 0.3) is 0 Å². The second-order valence-electron chi connectivity index (χ2n) is 3.41. The number of hydrogen-bond donors (Lipinski definition) is 0. The van der Waals surface area contributed by atoms with E-state index in [9.17, 15) is 4.79 Å². The average molecular weight is 321 g/mol. The second kappa shape index (κ2) is 10.9. The van der Waals surface area contributed by atoms with E-state index in [1.165, 1.54) is 16.6 Å². The molecule has 0 amide bonds. The molecule has 0 aliphatic carbocycles. The zero-order chi connectivity index (χ0) is 13.1. The summed E-state index contributed by atoms with van der Waals surface area (Å²) in [5, 5.41) is 0. The van der Waals surface area contributed by atoms with Crippen molar-refractivity contribution in [1.29, 1.82) is 0 Å². The van der Waals surface area contributed by atoms with E-state index < -0.39 is 0 Å². The van der Waals surface area contributed by atoms with Gasteiger partial charge in [-0.1, -0.05) is 0 Å². The van der Waals surface area contributed by atoms with Crippen molar-refractivity contribution in [2.24, 2.45) is 5.92 Å². The molecule has 17 heavy (non-hydrogen) atoms. The van der Waals surface area contributed by atoms with E-state index in [1.54, 1.807) is 6.08 Å². The Balaban J connectivity index is 4.42. The molecule has 4 heteroatoms. The Labute approximate surface area is 115 Å². The number of carbonyl (C=O) groups excluding carboxylic acids is 1. The fourth-order valence-electron chi connectivity index (χ4n) is 1.11. The molecular weight excluding hydrogens is 299 g/mol. The van der Waals surface area contributed by atoms with Crippen LogP contribution in [0.25, 0.3) is 0 Å². The average Bonchev–Trinajstić information content (AvgIpc) is 2.34. The van der Waals surface area contributed by atoms with Crippen LogP contribution in [0.5, 0.6) is 0 Å². The number of rotatable bonds is 9. The minimum absolute atomic E-state index is 0.194. The van der Waals surface area contributed by atoms with Crippen LogP contribution in [0, 0.1) is 5.92 Å². The summed E-state index contributed by atoms with van der Waals surface area (Å²) < 4.78 is 6.32. The van der Waals surface area contributed by atoms with Gasteiger partial charge < -0.3 is 0 Å². The summed E-state index contributed by atoms with van der Waals surface area (Å²) in [6, 6.07) is 0. The number of esters is 1. The van der Waals surface area contributed by atoms with Crippen LogP contribution in [-0.2, 0) is 9.53 Å². The molecule has 0 radical (unpaired) electrons. The van der Waals surface area contributed by atoms with E-state index in [2.05, 4.69) is 19.3 Å². The Morgan fingerprint density at radius 2 is 2.24 bits per heavy atom. The van der Waals surface area contributed by atoms with Crippen molar-refractivity contribution < 1.29 is 9.53 Å². The Bertz CT molecular complexity index is 264. The zero-order valence-electron chi connectivity index (χ0n) is 10.9. The minimum atomic E-state index is -0.291. The first-order valence-corrected chi connectivity index (χ1v) is 9.42. The van der Waals surface area contributed by atoms with Gasteiger partial charge in [0.15, 0.2) is 0 Å². The monoisotopic (exact) mass is 322 g/mol. The molecule has 0 rings (SSSR count). The van der Waals surface area contributed by atoms with Gasteiger partial charge in [0.1, 0.15) is 0 Å². The van der Waals surface area contributed by atoms with Crippen molar-refractivity contribution in [2.45, 2.75) is 32.5 Å². The van der Waals surface area contributed by atoms with Gasteiger partial charge in [-0.05, 0) is 0 Å². The number of thioether (sulfide) groups is 1. The van der Waals surface area contributed by atoms with Crippen LogP contribution in [-0.4, -0.2) is 33.3 Å². The molecule has 0 heterocycles. The van der Waals surface area contributed by atoms with Gasteiger partial charge in [-0.15, -0.1) is 0 Å². The van der Waals surface area contributed by atoms with E-state index in [4.69, 9.17) is 4.74 Å². The summed E-state index contributed by atoms with van der Waals surface area (Å²) in [6.45, 7) is 8.13. The first-order chi connectivity index (χ1) is 8.19. The van der Waals surface area contributed by atoms with Crippen LogP contribution in [0.15, 0.2) is 22.5 Å². The Morgan fingerprint density at radius 1 is 1.53 bits per heavy atom. The molecule has 0 fully saturated rings. The van der Waals surface area contributed by atoms with Crippen molar-refractivity contribution in [2.75, 3.05) is 12.4 Å². The van der Waals surface area contributed by atoms with E-state index >= 15 is 0 Å². The SMILES string of the molecule is C=CC(/C=C(/SCCCC)[Se]C)C(=O)OCC. The van der Waals surface area contributed by atoms with Gasteiger partial charge in [0.05, 0.1) is 0 Å². The Kier molecular flexibility index (Phi) is 10.8. The predicted molar refractivity (Wildman–Crippen MR) is 77.4 cm³/mol. The van der Waals surface area contributed by atoms with E-state index in [-0.39, 0.29) is 11.9 Å². The summed E-state index contributed by atoms with van der Waals surface area (Å²) >= 11 is 2.28. The number of hydrogen-bond acceptors (Lipinski definition) is 3. The maximum absolute atomic E-state index is 11.6. The summed E-state index contributed by atoms with van der Waals surface area (Å²) in [5.41, 5.74) is 0. The molecule has 0 bridgehead atoms. The third-order valence-electron chi connectivity index (χ3n) is 2.07. The van der Waals surface area contributed by atoms with Crippen molar-refractivity contribution in [3.63, 3.8) is 0 Å². The number of unbranched alkanes of at least 4 members (excludes halogenated alkanes) is 1. The molecule has 1 atom stereocenters. The number of ether oxygens (including phenoxy) is 1. The summed E-state index contributed by atoms with van der Waals surface area (Å²) in [4.78, 5) is 11.6. The van der Waals surface area contributed by atoms with Crippen molar-refractivity contribution in [3.05, 3.63) is 22.5 Å². The second-order valence-corrected chi connectivity index (χ2v) is 6.90. The Morgan fingerprint density at radius 3 is 2.71 bits per heavy atom. The van der Waals surface area contributed by atoms with Crippen molar-refractivity contribution >= 4 is 32.7 Å². The predicted octanol–water partition coefficient (Wildman–Crippen LogP) is 3.48. The molecule has 0 aromatic rings. The van der Waals surface area contributed by atoms with Crippen LogP contribution < -0.4 is 0 Å². The fourth-order valence-corrected chi connectivity index (χ4v) is 3.96. The van der Waals surface area contributed by atoms with E-state index in [1.807, 2.05) is 24.8 Å². The third kappa shape index (κ3) is 7.69. The summed E-state index contributed by atoms with van der Waals surface area (Å²) in [7, 11) is 0. The third-order valence-corrected chi connectivity index (χ3v) is 5.72. The fraction of sp³-hybridized carbons (Fsp3) is 0.615. The molecule has 0 spiro atoms. The molecule has 0 aromatic heterocycles. The Hall–Kier alpha value is -0.181. The van der Waals surface area contributed by atoms with E-state index in [0.29, 0.717) is 21.6 Å². The molecule has 0 aliphatic rings. The van der Waals surface area contributed by atoms with Crippen LogP contribution in [0.4, 0.5) is 0 Å². The van der Waals surface area contributed by atoms with Crippen LogP contribution in [0.3, 0.4) is 0 Å². The molecule has 0 saturated heterocycles. The quantitative estimate of drug-likeness (QED) is 0.281. The first-order valence-electron chi connectivity index (χ1n) is 5.87. The van der Waals surface area contributed by atoms with Gasteiger partial charge in [0, 0.05) is 0 Å². The van der Waals surface area contributed by atoms with Gasteiger partial charge in [-0.3, -0.25) is 0 Å². The van der Waals surface area contributed by atoms with Crippen LogP contribution >= 0.6 is 11.8 Å². The van der Waals surface area contributed by atoms with E-state index in [0.717, 1.165) is 5.75 Å². The standard InChI is InChI=1S/C13H22O2SSe/c1-5-8-9-16-12(17-4)10-11(6-2)13(14)15-7-3/h6,10-11H,2,5,7-9H2,1,3-4H3/b12-10-. The van der Waals surface area contributed by atoms with Gasteiger partial charge in [0.2, 0.25) is 0 Å². The molecule has 0 aromatic carbocycles. The first kappa shape index (κ1) is 16.8. The van der Waals surface area contributed by atoms with Gasteiger partial charge >= 0.3 is 116 Å². The summed E-state index contributed by atoms with van der Waals surface area (Å²) in [5.74, 6) is 2.81. The van der Waals surface area contributed by atoms with Crippen molar-refractivity contribution in [3.8, 4) is 0 Å². The molecule has 0 aliphatic heterocycles. The molecule has 2 nitrogen and oxygen atoms in total. The zero-order valence-corrected chi connectivity index (χ0v) is 13.4. The number of carbonyl (C=O) groups is 1. The molecule has 1 unspecified atom stereocenters. The van der Waals surface area contributed by atoms with Crippen molar-refractivity contribution in [1.82, 2.24) is 0 Å². The maximum atomic E-state index is 11.6. The topological polar surface area (TPSA) is 26.3 Å². The molecule has 98 valence electrons. The molecule has 0 saturated carbocycles. The molecule has 0 N–H and O–H groups in total.